The van der Waals surface area contributed by atoms with Crippen molar-refractivity contribution in [1.82, 2.24) is 5.32 Å². The summed E-state index contributed by atoms with van der Waals surface area (Å²) in [7, 11) is 0. The third kappa shape index (κ3) is 3.23. The summed E-state index contributed by atoms with van der Waals surface area (Å²) in [5.74, 6) is -1.71. The second kappa shape index (κ2) is 5.23. The quantitative estimate of drug-likeness (QED) is 0.829. The summed E-state index contributed by atoms with van der Waals surface area (Å²) >= 11 is 0. The van der Waals surface area contributed by atoms with Crippen LogP contribution in [-0.4, -0.2) is 19.0 Å². The standard InChI is InChI=1S/C12H14F2N2O/c13-9-4-10(14)6-11(5-9)16-12(17)8-2-1-3-15-7-8/h4-6,8,15H,1-3,7H2,(H,16,17)/t8-/m0/s1. The first-order valence-electron chi connectivity index (χ1n) is 5.63. The summed E-state index contributed by atoms with van der Waals surface area (Å²) in [4.78, 5) is 11.8. The van der Waals surface area contributed by atoms with Gasteiger partial charge >= 0.3 is 0 Å². The van der Waals surface area contributed by atoms with Crippen molar-refractivity contribution >= 4 is 11.6 Å². The smallest absolute Gasteiger partial charge is 0.228 e. The van der Waals surface area contributed by atoms with Gasteiger partial charge in [0.2, 0.25) is 5.91 Å². The maximum Gasteiger partial charge on any atom is 0.228 e. The number of rotatable bonds is 2. The van der Waals surface area contributed by atoms with Crippen LogP contribution >= 0.6 is 0 Å². The van der Waals surface area contributed by atoms with Gasteiger partial charge in [-0.2, -0.15) is 0 Å². The highest BCUT2D eigenvalue weighted by atomic mass is 19.1. The molecule has 0 radical (unpaired) electrons. The van der Waals surface area contributed by atoms with E-state index in [4.69, 9.17) is 0 Å². The van der Waals surface area contributed by atoms with Crippen molar-refractivity contribution in [3.63, 3.8) is 0 Å². The van der Waals surface area contributed by atoms with Crippen LogP contribution in [0.1, 0.15) is 12.8 Å². The zero-order valence-electron chi connectivity index (χ0n) is 9.30. The second-order valence-electron chi connectivity index (χ2n) is 4.19. The van der Waals surface area contributed by atoms with Gasteiger partial charge in [0.25, 0.3) is 0 Å². The van der Waals surface area contributed by atoms with Crippen LogP contribution in [0, 0.1) is 17.6 Å². The van der Waals surface area contributed by atoms with Crippen LogP contribution in [0.5, 0.6) is 0 Å². The number of hydrogen-bond acceptors (Lipinski definition) is 2. The average molecular weight is 240 g/mol. The summed E-state index contributed by atoms with van der Waals surface area (Å²) in [6.45, 7) is 1.53. The van der Waals surface area contributed by atoms with Crippen molar-refractivity contribution in [2.45, 2.75) is 12.8 Å². The molecule has 0 aromatic heterocycles. The summed E-state index contributed by atoms with van der Waals surface area (Å²) in [6, 6.07) is 2.99. The van der Waals surface area contributed by atoms with E-state index in [1.807, 2.05) is 0 Å². The van der Waals surface area contributed by atoms with Crippen LogP contribution in [0.4, 0.5) is 14.5 Å². The number of halogens is 2. The maximum atomic E-state index is 12.9. The average Bonchev–Trinajstić information content (AvgIpc) is 2.28. The predicted octanol–water partition coefficient (Wildman–Crippen LogP) is 1.90. The molecule has 17 heavy (non-hydrogen) atoms. The highest BCUT2D eigenvalue weighted by molar-refractivity contribution is 5.92. The number of benzene rings is 1. The largest absolute Gasteiger partial charge is 0.326 e. The topological polar surface area (TPSA) is 41.1 Å². The molecule has 3 nitrogen and oxygen atoms in total. The normalized spacial score (nSPS) is 20.0. The molecule has 1 aliphatic heterocycles. The fourth-order valence-corrected chi connectivity index (χ4v) is 1.95. The number of carbonyl (C=O) groups is 1. The van der Waals surface area contributed by atoms with E-state index in [0.29, 0.717) is 6.54 Å². The Balaban J connectivity index is 2.01. The molecule has 1 amide bonds. The molecule has 1 heterocycles. The molecule has 1 saturated heterocycles. The van der Waals surface area contributed by atoms with Crippen molar-refractivity contribution in [2.75, 3.05) is 18.4 Å². The van der Waals surface area contributed by atoms with Crippen LogP contribution in [0.2, 0.25) is 0 Å². The van der Waals surface area contributed by atoms with Crippen LogP contribution in [0.25, 0.3) is 0 Å². The van der Waals surface area contributed by atoms with Gasteiger partial charge in [0.15, 0.2) is 0 Å². The molecule has 1 aliphatic rings. The van der Waals surface area contributed by atoms with E-state index in [2.05, 4.69) is 10.6 Å². The molecule has 1 aromatic carbocycles. The Kier molecular flexibility index (Phi) is 3.68. The van der Waals surface area contributed by atoms with Crippen LogP contribution in [0.3, 0.4) is 0 Å². The Morgan fingerprint density at radius 2 is 2.00 bits per heavy atom. The van der Waals surface area contributed by atoms with Gasteiger partial charge in [0.1, 0.15) is 11.6 Å². The predicted molar refractivity (Wildman–Crippen MR) is 60.6 cm³/mol. The molecule has 0 bridgehead atoms. The lowest BCUT2D eigenvalue weighted by atomic mass is 9.99. The fourth-order valence-electron chi connectivity index (χ4n) is 1.95. The van der Waals surface area contributed by atoms with Crippen molar-refractivity contribution in [3.05, 3.63) is 29.8 Å². The summed E-state index contributed by atoms with van der Waals surface area (Å²) in [5, 5.41) is 5.65. The number of amides is 1. The molecule has 0 aliphatic carbocycles. The monoisotopic (exact) mass is 240 g/mol. The Bertz CT molecular complexity index is 397. The number of anilines is 1. The molecule has 92 valence electrons. The van der Waals surface area contributed by atoms with Crippen molar-refractivity contribution in [2.24, 2.45) is 5.92 Å². The lowest BCUT2D eigenvalue weighted by Crippen LogP contribution is -2.37. The minimum absolute atomic E-state index is 0.130. The fraction of sp³-hybridized carbons (Fsp3) is 0.417. The summed E-state index contributed by atoms with van der Waals surface area (Å²) in [6.07, 6.45) is 1.74. The van der Waals surface area contributed by atoms with Gasteiger partial charge in [0.05, 0.1) is 5.92 Å². The molecule has 2 N–H and O–H groups in total. The number of piperidine rings is 1. The Labute approximate surface area is 98.2 Å². The lowest BCUT2D eigenvalue weighted by molar-refractivity contribution is -0.120. The van der Waals surface area contributed by atoms with E-state index in [1.165, 1.54) is 0 Å². The summed E-state index contributed by atoms with van der Waals surface area (Å²) < 4.78 is 25.8. The van der Waals surface area contributed by atoms with Crippen LogP contribution < -0.4 is 10.6 Å². The molecular weight excluding hydrogens is 226 g/mol. The highest BCUT2D eigenvalue weighted by Crippen LogP contribution is 2.16. The highest BCUT2D eigenvalue weighted by Gasteiger charge is 2.21. The second-order valence-corrected chi connectivity index (χ2v) is 4.19. The van der Waals surface area contributed by atoms with Gasteiger partial charge < -0.3 is 10.6 Å². The molecule has 0 spiro atoms. The molecular formula is C12H14F2N2O. The first kappa shape index (κ1) is 12.0. The molecule has 5 heteroatoms. The van der Waals surface area contributed by atoms with Gasteiger partial charge in [-0.3, -0.25) is 4.79 Å². The van der Waals surface area contributed by atoms with Crippen molar-refractivity contribution in [3.8, 4) is 0 Å². The SMILES string of the molecule is O=C(Nc1cc(F)cc(F)c1)[C@H]1CCCNC1. The third-order valence-corrected chi connectivity index (χ3v) is 2.80. The molecule has 1 fully saturated rings. The van der Waals surface area contributed by atoms with Gasteiger partial charge in [-0.15, -0.1) is 0 Å². The zero-order valence-corrected chi connectivity index (χ0v) is 9.30. The molecule has 1 atom stereocenters. The first-order chi connectivity index (χ1) is 8.15. The van der Waals surface area contributed by atoms with Crippen LogP contribution in [-0.2, 0) is 4.79 Å². The van der Waals surface area contributed by atoms with E-state index >= 15 is 0 Å². The Morgan fingerprint density at radius 1 is 1.29 bits per heavy atom. The number of nitrogens with one attached hydrogen (secondary N) is 2. The Hall–Kier alpha value is -1.49. The van der Waals surface area contributed by atoms with Gasteiger partial charge in [-0.1, -0.05) is 0 Å². The van der Waals surface area contributed by atoms with Crippen LogP contribution in [0.15, 0.2) is 18.2 Å². The maximum absolute atomic E-state index is 12.9. The lowest BCUT2D eigenvalue weighted by Gasteiger charge is -2.21. The van der Waals surface area contributed by atoms with Gasteiger partial charge in [-0.25, -0.2) is 8.78 Å². The minimum atomic E-state index is -0.693. The minimum Gasteiger partial charge on any atom is -0.326 e. The van der Waals surface area contributed by atoms with E-state index in [1.54, 1.807) is 0 Å². The third-order valence-electron chi connectivity index (χ3n) is 2.80. The van der Waals surface area contributed by atoms with Gasteiger partial charge in [0, 0.05) is 18.3 Å². The molecule has 0 saturated carbocycles. The van der Waals surface area contributed by atoms with Crippen molar-refractivity contribution < 1.29 is 13.6 Å². The number of carbonyl (C=O) groups excluding carboxylic acids is 1. The van der Waals surface area contributed by atoms with Gasteiger partial charge in [-0.05, 0) is 31.5 Å². The molecule has 2 rings (SSSR count). The summed E-state index contributed by atoms with van der Waals surface area (Å²) in [5.41, 5.74) is 0.165. The molecule has 0 unspecified atom stereocenters. The number of hydrogen-bond donors (Lipinski definition) is 2. The molecule has 1 aromatic rings. The first-order valence-corrected chi connectivity index (χ1v) is 5.63. The van der Waals surface area contributed by atoms with Crippen molar-refractivity contribution in [1.29, 1.82) is 0 Å². The Morgan fingerprint density at radius 3 is 2.59 bits per heavy atom. The van der Waals surface area contributed by atoms with E-state index < -0.39 is 11.6 Å². The van der Waals surface area contributed by atoms with E-state index in [-0.39, 0.29) is 17.5 Å². The van der Waals surface area contributed by atoms with E-state index in [9.17, 15) is 13.6 Å². The van der Waals surface area contributed by atoms with E-state index in [0.717, 1.165) is 37.6 Å². The zero-order chi connectivity index (χ0) is 12.3.